The molecule has 1 aliphatic carbocycles. The highest BCUT2D eigenvalue weighted by Gasteiger charge is 2.23. The first-order valence-corrected chi connectivity index (χ1v) is 12.8. The minimum Gasteiger partial charge on any atom is -0.376 e. The summed E-state index contributed by atoms with van der Waals surface area (Å²) in [6.07, 6.45) is 9.40. The molecule has 5 rings (SSSR count). The number of amides is 1. The van der Waals surface area contributed by atoms with Gasteiger partial charge >= 0.3 is 0 Å². The number of nitrogens with one attached hydrogen (secondary N) is 1. The summed E-state index contributed by atoms with van der Waals surface area (Å²) in [5, 5.41) is 4.62. The number of thiophene rings is 1. The lowest BCUT2D eigenvalue weighted by Crippen LogP contribution is -2.37. The fraction of sp³-hybridized carbons (Fsp3) is 0.545. The van der Waals surface area contributed by atoms with Gasteiger partial charge in [-0.3, -0.25) is 14.2 Å². The predicted octanol–water partition coefficient (Wildman–Crippen LogP) is 3.73. The molecule has 3 aromatic heterocycles. The number of thioether (sulfide) groups is 1. The normalized spacial score (nSPS) is 19.9. The van der Waals surface area contributed by atoms with Crippen molar-refractivity contribution in [1.82, 2.24) is 19.9 Å². The zero-order valence-electron chi connectivity index (χ0n) is 17.3. The zero-order valence-corrected chi connectivity index (χ0v) is 19.0. The van der Waals surface area contributed by atoms with Crippen molar-refractivity contribution in [2.45, 2.75) is 68.8 Å². The Morgan fingerprint density at radius 3 is 2.94 bits per heavy atom. The van der Waals surface area contributed by atoms with Crippen molar-refractivity contribution in [3.63, 3.8) is 0 Å². The maximum absolute atomic E-state index is 13.4. The van der Waals surface area contributed by atoms with Crippen LogP contribution in [0, 0.1) is 0 Å². The van der Waals surface area contributed by atoms with E-state index in [1.807, 2.05) is 12.1 Å². The van der Waals surface area contributed by atoms with Crippen molar-refractivity contribution in [2.75, 3.05) is 12.4 Å². The standard InChI is InChI=1S/C22H26N4O3S2/c27-17(24-14-6-2-1-3-7-14)13-30-22-25-18-16-9-4-10-23-20(16)31-19(18)21(28)26(22)12-15-8-5-11-29-15/h4,9-10,14-15H,1-3,5-8,11-13H2,(H,24,27). The molecule has 9 heteroatoms. The van der Waals surface area contributed by atoms with Crippen LogP contribution >= 0.6 is 23.1 Å². The summed E-state index contributed by atoms with van der Waals surface area (Å²) in [6, 6.07) is 4.08. The third-order valence-electron chi connectivity index (χ3n) is 6.03. The molecule has 3 aromatic rings. The number of carbonyl (C=O) groups is 1. The van der Waals surface area contributed by atoms with E-state index in [2.05, 4.69) is 10.3 Å². The van der Waals surface area contributed by atoms with Crippen molar-refractivity contribution in [3.05, 3.63) is 28.7 Å². The fourth-order valence-electron chi connectivity index (χ4n) is 4.45. The SMILES string of the molecule is O=C(CSc1nc2c(sc3ncccc32)c(=O)n1CC1CCCO1)NC1CCCCC1. The van der Waals surface area contributed by atoms with Gasteiger partial charge in [0.2, 0.25) is 5.91 Å². The topological polar surface area (TPSA) is 86.1 Å². The number of fused-ring (bicyclic) bond motifs is 3. The molecule has 164 valence electrons. The maximum Gasteiger partial charge on any atom is 0.272 e. The van der Waals surface area contributed by atoms with Crippen molar-refractivity contribution < 1.29 is 9.53 Å². The Balaban J connectivity index is 1.44. The highest BCUT2D eigenvalue weighted by Crippen LogP contribution is 2.31. The highest BCUT2D eigenvalue weighted by atomic mass is 32.2. The van der Waals surface area contributed by atoms with Crippen LogP contribution in [0.2, 0.25) is 0 Å². The molecule has 1 atom stereocenters. The van der Waals surface area contributed by atoms with Gasteiger partial charge in [0.1, 0.15) is 9.53 Å². The van der Waals surface area contributed by atoms with Gasteiger partial charge in [-0.15, -0.1) is 11.3 Å². The molecule has 0 spiro atoms. The largest absolute Gasteiger partial charge is 0.376 e. The van der Waals surface area contributed by atoms with E-state index in [-0.39, 0.29) is 29.4 Å². The van der Waals surface area contributed by atoms with E-state index in [1.165, 1.54) is 42.4 Å². The summed E-state index contributed by atoms with van der Waals surface area (Å²) in [4.78, 5) is 36.0. The summed E-state index contributed by atoms with van der Waals surface area (Å²) in [7, 11) is 0. The van der Waals surface area contributed by atoms with Gasteiger partial charge in [0.25, 0.3) is 5.56 Å². The highest BCUT2D eigenvalue weighted by molar-refractivity contribution is 7.99. The first-order chi connectivity index (χ1) is 15.2. The Kier molecular flexibility index (Phi) is 6.24. The van der Waals surface area contributed by atoms with Crippen LogP contribution in [0.15, 0.2) is 28.3 Å². The molecule has 1 amide bonds. The molecule has 0 radical (unpaired) electrons. The molecule has 2 fully saturated rings. The van der Waals surface area contributed by atoms with Crippen LogP contribution in [0.25, 0.3) is 20.4 Å². The molecule has 1 saturated heterocycles. The molecule has 4 heterocycles. The van der Waals surface area contributed by atoms with E-state index in [1.54, 1.807) is 10.8 Å². The number of hydrogen-bond donors (Lipinski definition) is 1. The van der Waals surface area contributed by atoms with E-state index in [0.29, 0.717) is 21.9 Å². The summed E-state index contributed by atoms with van der Waals surface area (Å²) < 4.78 is 8.09. The summed E-state index contributed by atoms with van der Waals surface area (Å²) >= 11 is 2.72. The quantitative estimate of drug-likeness (QED) is 0.448. The molecule has 31 heavy (non-hydrogen) atoms. The second-order valence-electron chi connectivity index (χ2n) is 8.27. The number of ether oxygens (including phenoxy) is 1. The lowest BCUT2D eigenvalue weighted by Gasteiger charge is -2.22. The van der Waals surface area contributed by atoms with Gasteiger partial charge in [-0.25, -0.2) is 9.97 Å². The Morgan fingerprint density at radius 2 is 2.13 bits per heavy atom. The number of pyridine rings is 1. The smallest absolute Gasteiger partial charge is 0.272 e. The Labute approximate surface area is 188 Å². The van der Waals surface area contributed by atoms with Gasteiger partial charge in [0.05, 0.1) is 23.9 Å². The summed E-state index contributed by atoms with van der Waals surface area (Å²) in [5.41, 5.74) is 0.607. The second-order valence-corrected chi connectivity index (χ2v) is 10.2. The predicted molar refractivity (Wildman–Crippen MR) is 124 cm³/mol. The molecule has 0 bridgehead atoms. The molecular formula is C22H26N4O3S2. The second kappa shape index (κ2) is 9.26. The average molecular weight is 459 g/mol. The first-order valence-electron chi connectivity index (χ1n) is 11.0. The third-order valence-corrected chi connectivity index (χ3v) is 8.10. The molecule has 1 aliphatic heterocycles. The van der Waals surface area contributed by atoms with Crippen molar-refractivity contribution in [2.24, 2.45) is 0 Å². The van der Waals surface area contributed by atoms with Crippen LogP contribution < -0.4 is 10.9 Å². The number of rotatable bonds is 6. The minimum atomic E-state index is -0.0707. The van der Waals surface area contributed by atoms with Gasteiger partial charge in [-0.2, -0.15) is 0 Å². The molecule has 1 saturated carbocycles. The maximum atomic E-state index is 13.4. The van der Waals surface area contributed by atoms with Gasteiger partial charge in [-0.1, -0.05) is 31.0 Å². The average Bonchev–Trinajstić information content (AvgIpc) is 3.43. The van der Waals surface area contributed by atoms with Crippen LogP contribution in [-0.4, -0.2) is 44.9 Å². The number of carbonyl (C=O) groups excluding carboxylic acids is 1. The number of nitrogens with zero attached hydrogens (tertiary/aromatic N) is 3. The van der Waals surface area contributed by atoms with E-state index < -0.39 is 0 Å². The summed E-state index contributed by atoms with van der Waals surface area (Å²) in [5.74, 6) is 0.257. The van der Waals surface area contributed by atoms with E-state index in [9.17, 15) is 9.59 Å². The van der Waals surface area contributed by atoms with E-state index in [4.69, 9.17) is 9.72 Å². The van der Waals surface area contributed by atoms with Crippen molar-refractivity contribution in [1.29, 1.82) is 0 Å². The van der Waals surface area contributed by atoms with Gasteiger partial charge in [0.15, 0.2) is 5.16 Å². The van der Waals surface area contributed by atoms with Crippen LogP contribution in [0.4, 0.5) is 0 Å². The number of aromatic nitrogens is 3. The minimum absolute atomic E-state index is 0.00626. The van der Waals surface area contributed by atoms with E-state index in [0.717, 1.165) is 42.5 Å². The van der Waals surface area contributed by atoms with Crippen molar-refractivity contribution in [3.8, 4) is 0 Å². The first kappa shape index (κ1) is 20.9. The molecule has 1 unspecified atom stereocenters. The van der Waals surface area contributed by atoms with Crippen LogP contribution in [0.1, 0.15) is 44.9 Å². The molecule has 7 nitrogen and oxygen atoms in total. The van der Waals surface area contributed by atoms with Gasteiger partial charge in [-0.05, 0) is 37.8 Å². The monoisotopic (exact) mass is 458 g/mol. The van der Waals surface area contributed by atoms with Gasteiger partial charge < -0.3 is 10.1 Å². The molecule has 0 aromatic carbocycles. The Bertz CT molecular complexity index is 1150. The third kappa shape index (κ3) is 4.49. The van der Waals surface area contributed by atoms with Gasteiger partial charge in [0, 0.05) is 24.2 Å². The molecular weight excluding hydrogens is 432 g/mol. The van der Waals surface area contributed by atoms with Crippen LogP contribution in [0.5, 0.6) is 0 Å². The Morgan fingerprint density at radius 1 is 1.26 bits per heavy atom. The van der Waals surface area contributed by atoms with Crippen molar-refractivity contribution >= 4 is 49.4 Å². The lowest BCUT2D eigenvalue weighted by molar-refractivity contribution is -0.119. The lowest BCUT2D eigenvalue weighted by atomic mass is 9.95. The van der Waals surface area contributed by atoms with Crippen LogP contribution in [-0.2, 0) is 16.1 Å². The molecule has 2 aliphatic rings. The Hall–Kier alpha value is -1.97. The number of hydrogen-bond acceptors (Lipinski definition) is 7. The summed E-state index contributed by atoms with van der Waals surface area (Å²) in [6.45, 7) is 1.20. The zero-order chi connectivity index (χ0) is 21.2. The molecule has 1 N–H and O–H groups in total. The van der Waals surface area contributed by atoms with E-state index >= 15 is 0 Å². The van der Waals surface area contributed by atoms with Crippen LogP contribution in [0.3, 0.4) is 0 Å². The fourth-order valence-corrected chi connectivity index (χ4v) is 6.29.